The lowest BCUT2D eigenvalue weighted by molar-refractivity contribution is -0.114. The van der Waals surface area contributed by atoms with Crippen molar-refractivity contribution in [2.45, 2.75) is 25.9 Å². The van der Waals surface area contributed by atoms with E-state index in [1.165, 1.54) is 0 Å². The second-order valence-corrected chi connectivity index (χ2v) is 4.62. The molecule has 1 amide bonds. The fourth-order valence-corrected chi connectivity index (χ4v) is 1.16. The molecule has 1 fully saturated rings. The highest BCUT2D eigenvalue weighted by molar-refractivity contribution is 6.18. The maximum atomic E-state index is 10.6. The van der Waals surface area contributed by atoms with E-state index in [-0.39, 0.29) is 5.91 Å². The number of amides is 1. The minimum atomic E-state index is -0.320. The van der Waals surface area contributed by atoms with Gasteiger partial charge in [0.1, 0.15) is 0 Å². The number of primary amides is 1. The molecule has 0 aromatic heterocycles. The summed E-state index contributed by atoms with van der Waals surface area (Å²) in [6.07, 6.45) is 4.29. The smallest absolute Gasteiger partial charge is 0.244 e. The molecule has 5 heteroatoms. The highest BCUT2D eigenvalue weighted by Gasteiger charge is 2.19. The van der Waals surface area contributed by atoms with Crippen molar-refractivity contribution in [3.63, 3.8) is 0 Å². The molecule has 1 heterocycles. The summed E-state index contributed by atoms with van der Waals surface area (Å²) in [5.41, 5.74) is 5.72. The zero-order chi connectivity index (χ0) is 13.3. The van der Waals surface area contributed by atoms with Gasteiger partial charge in [0.25, 0.3) is 0 Å². The molecule has 0 saturated carbocycles. The van der Waals surface area contributed by atoms with Crippen LogP contribution in [-0.2, 0) is 9.53 Å². The Hall–Kier alpha value is -0.580. The van der Waals surface area contributed by atoms with Crippen LogP contribution in [0.1, 0.15) is 19.8 Å². The van der Waals surface area contributed by atoms with Gasteiger partial charge < -0.3 is 15.4 Å². The maximum absolute atomic E-state index is 10.6. The van der Waals surface area contributed by atoms with Crippen LogP contribution in [0.3, 0.4) is 0 Å². The lowest BCUT2D eigenvalue weighted by atomic mass is 10.2. The topological polar surface area (TPSA) is 58.9 Å². The van der Waals surface area contributed by atoms with Gasteiger partial charge in [-0.15, -0.1) is 11.6 Å². The van der Waals surface area contributed by atoms with Gasteiger partial charge in [0.15, 0.2) is 0 Å². The van der Waals surface area contributed by atoms with Crippen LogP contribution in [0.15, 0.2) is 11.6 Å². The highest BCUT2D eigenvalue weighted by Crippen LogP contribution is 2.08. The Morgan fingerprint density at radius 2 is 2.18 bits per heavy atom. The Bertz CT molecular complexity index is 251. The van der Waals surface area contributed by atoms with Gasteiger partial charge >= 0.3 is 0 Å². The van der Waals surface area contributed by atoms with E-state index in [2.05, 4.69) is 4.90 Å². The van der Waals surface area contributed by atoms with Crippen LogP contribution in [0.2, 0.25) is 0 Å². The third kappa shape index (κ3) is 11.7. The molecule has 100 valence electrons. The van der Waals surface area contributed by atoms with Crippen LogP contribution in [0.5, 0.6) is 0 Å². The van der Waals surface area contributed by atoms with Crippen molar-refractivity contribution in [2.24, 2.45) is 5.73 Å². The largest absolute Gasteiger partial charge is 0.372 e. The van der Waals surface area contributed by atoms with Gasteiger partial charge in [0, 0.05) is 5.57 Å². The van der Waals surface area contributed by atoms with Crippen LogP contribution in [-0.4, -0.2) is 50.0 Å². The average molecular weight is 263 g/mol. The standard InChI is InChI=1S/C9H18N2O.C3H5ClO/c1-8(9(10)12)6-4-5-7-11(2)3;4-1-3-2-5-3/h6H,4-5,7H2,1-3H3,(H2,10,12);3H,1-2H2. The molecule has 17 heavy (non-hydrogen) atoms. The van der Waals surface area contributed by atoms with Gasteiger partial charge in [-0.1, -0.05) is 6.08 Å². The van der Waals surface area contributed by atoms with Crippen LogP contribution >= 0.6 is 11.6 Å². The number of hydrogen-bond acceptors (Lipinski definition) is 3. The van der Waals surface area contributed by atoms with E-state index in [0.717, 1.165) is 26.0 Å². The molecular weight excluding hydrogens is 240 g/mol. The van der Waals surface area contributed by atoms with E-state index >= 15 is 0 Å². The fourth-order valence-electron chi connectivity index (χ4n) is 0.984. The number of rotatable bonds is 6. The zero-order valence-electron chi connectivity index (χ0n) is 10.9. The number of nitrogens with two attached hydrogens (primary N) is 1. The molecule has 0 aromatic rings. The maximum Gasteiger partial charge on any atom is 0.244 e. The van der Waals surface area contributed by atoms with Crippen molar-refractivity contribution in [1.29, 1.82) is 0 Å². The third-order valence-electron chi connectivity index (χ3n) is 2.22. The first-order chi connectivity index (χ1) is 7.97. The molecule has 0 aromatic carbocycles. The molecule has 0 radical (unpaired) electrons. The van der Waals surface area contributed by atoms with Gasteiger partial charge in [-0.05, 0) is 40.4 Å². The number of halogens is 1. The van der Waals surface area contributed by atoms with E-state index in [9.17, 15) is 4.79 Å². The predicted octanol–water partition coefficient (Wildman–Crippen LogP) is 1.38. The molecule has 0 aliphatic carbocycles. The van der Waals surface area contributed by atoms with E-state index < -0.39 is 0 Å². The molecule has 1 aliphatic rings. The number of epoxide rings is 1. The first-order valence-electron chi connectivity index (χ1n) is 5.76. The van der Waals surface area contributed by atoms with E-state index in [1.54, 1.807) is 6.92 Å². The van der Waals surface area contributed by atoms with Crippen molar-refractivity contribution in [1.82, 2.24) is 4.90 Å². The number of allylic oxidation sites excluding steroid dienone is 1. The number of ether oxygens (including phenoxy) is 1. The van der Waals surface area contributed by atoms with Crippen molar-refractivity contribution < 1.29 is 9.53 Å². The summed E-state index contributed by atoms with van der Waals surface area (Å²) in [6, 6.07) is 0. The molecule has 1 rings (SSSR count). The van der Waals surface area contributed by atoms with Gasteiger partial charge in [0.2, 0.25) is 5.91 Å². The van der Waals surface area contributed by atoms with Crippen molar-refractivity contribution in [3.8, 4) is 0 Å². The Kier molecular flexibility index (Phi) is 9.13. The molecular formula is C12H23ClN2O2. The molecule has 1 aliphatic heterocycles. The zero-order valence-corrected chi connectivity index (χ0v) is 11.7. The number of hydrogen-bond donors (Lipinski definition) is 1. The minimum Gasteiger partial charge on any atom is -0.372 e. The second-order valence-electron chi connectivity index (χ2n) is 4.31. The fraction of sp³-hybridized carbons (Fsp3) is 0.750. The Balaban J connectivity index is 0.000000419. The summed E-state index contributed by atoms with van der Waals surface area (Å²) in [4.78, 5) is 12.7. The predicted molar refractivity (Wildman–Crippen MR) is 71.2 cm³/mol. The van der Waals surface area contributed by atoms with Crippen molar-refractivity contribution in [2.75, 3.05) is 33.1 Å². The number of carbonyl (C=O) groups excluding carboxylic acids is 1. The minimum absolute atomic E-state index is 0.320. The average Bonchev–Trinajstić information content (AvgIpc) is 3.07. The van der Waals surface area contributed by atoms with Crippen molar-refractivity contribution >= 4 is 17.5 Å². The number of nitrogens with zero attached hydrogens (tertiary/aromatic N) is 1. The highest BCUT2D eigenvalue weighted by atomic mass is 35.5. The lowest BCUT2D eigenvalue weighted by Gasteiger charge is -2.06. The quantitative estimate of drug-likeness (QED) is 0.341. The second kappa shape index (κ2) is 9.45. The summed E-state index contributed by atoms with van der Waals surface area (Å²) in [6.45, 7) is 3.67. The lowest BCUT2D eigenvalue weighted by Crippen LogP contribution is -2.13. The Morgan fingerprint density at radius 3 is 2.47 bits per heavy atom. The molecule has 0 spiro atoms. The van der Waals surface area contributed by atoms with Crippen LogP contribution in [0.4, 0.5) is 0 Å². The molecule has 1 atom stereocenters. The van der Waals surface area contributed by atoms with Gasteiger partial charge in [-0.25, -0.2) is 0 Å². The van der Waals surface area contributed by atoms with Gasteiger partial charge in [-0.3, -0.25) is 4.79 Å². The van der Waals surface area contributed by atoms with Gasteiger partial charge in [0.05, 0.1) is 18.6 Å². The molecule has 1 unspecified atom stereocenters. The molecule has 1 saturated heterocycles. The van der Waals surface area contributed by atoms with Crippen molar-refractivity contribution in [3.05, 3.63) is 11.6 Å². The summed E-state index contributed by atoms with van der Waals surface area (Å²) in [5, 5.41) is 0. The number of carbonyl (C=O) groups is 1. The monoisotopic (exact) mass is 262 g/mol. The van der Waals surface area contributed by atoms with E-state index in [4.69, 9.17) is 22.1 Å². The third-order valence-corrected chi connectivity index (χ3v) is 2.57. The Labute approximate surface area is 109 Å². The SMILES string of the molecule is CC(=CCCCN(C)C)C(N)=O.ClCC1CO1. The number of alkyl halides is 1. The van der Waals surface area contributed by atoms with Gasteiger partial charge in [-0.2, -0.15) is 0 Å². The Morgan fingerprint density at radius 1 is 1.59 bits per heavy atom. The first-order valence-corrected chi connectivity index (χ1v) is 6.29. The normalized spacial score (nSPS) is 18.6. The van der Waals surface area contributed by atoms with Crippen LogP contribution in [0.25, 0.3) is 0 Å². The molecule has 4 nitrogen and oxygen atoms in total. The first kappa shape index (κ1) is 16.4. The summed E-state index contributed by atoms with van der Waals surface area (Å²) in [7, 11) is 4.06. The summed E-state index contributed by atoms with van der Waals surface area (Å²) >= 11 is 5.27. The van der Waals surface area contributed by atoms with E-state index in [0.29, 0.717) is 17.6 Å². The number of unbranched alkanes of at least 4 members (excludes halogenated alkanes) is 1. The van der Waals surface area contributed by atoms with E-state index in [1.807, 2.05) is 20.2 Å². The summed E-state index contributed by atoms with van der Waals surface area (Å²) < 4.78 is 4.73. The van der Waals surface area contributed by atoms with Crippen LogP contribution in [0, 0.1) is 0 Å². The molecule has 0 bridgehead atoms. The summed E-state index contributed by atoms with van der Waals surface area (Å²) in [5.74, 6) is 0.347. The van der Waals surface area contributed by atoms with Crippen LogP contribution < -0.4 is 5.73 Å². The molecule has 2 N–H and O–H groups in total.